The van der Waals surface area contributed by atoms with E-state index in [4.69, 9.17) is 5.11 Å². The molecule has 2 unspecified atom stereocenters. The molecule has 2 aliphatic carbocycles. The van der Waals surface area contributed by atoms with Gasteiger partial charge < -0.3 is 15.7 Å². The molecule has 102 valence electrons. The predicted molar refractivity (Wildman–Crippen MR) is 67.3 cm³/mol. The van der Waals surface area contributed by atoms with Crippen LogP contribution in [0.1, 0.15) is 51.4 Å². The van der Waals surface area contributed by atoms with E-state index in [1.165, 1.54) is 12.8 Å². The fraction of sp³-hybridized carbons (Fsp3) is 0.846. The second-order valence-corrected chi connectivity index (χ2v) is 5.50. The number of nitrogens with one attached hydrogen (secondary N) is 2. The molecule has 2 fully saturated rings. The van der Waals surface area contributed by atoms with Gasteiger partial charge in [0, 0.05) is 12.1 Å². The monoisotopic (exact) mass is 254 g/mol. The van der Waals surface area contributed by atoms with E-state index >= 15 is 0 Å². The van der Waals surface area contributed by atoms with Crippen LogP contribution >= 0.6 is 0 Å². The first kappa shape index (κ1) is 13.2. The fourth-order valence-corrected chi connectivity index (χ4v) is 3.03. The van der Waals surface area contributed by atoms with E-state index in [1.54, 1.807) is 0 Å². The normalized spacial score (nSPS) is 28.9. The number of carboxylic acids is 1. The minimum absolute atomic E-state index is 0.0150. The van der Waals surface area contributed by atoms with Crippen LogP contribution < -0.4 is 10.6 Å². The average molecular weight is 254 g/mol. The number of carboxylic acid groups (broad SMARTS) is 1. The van der Waals surface area contributed by atoms with E-state index < -0.39 is 5.97 Å². The van der Waals surface area contributed by atoms with Gasteiger partial charge in [0.15, 0.2) is 0 Å². The van der Waals surface area contributed by atoms with E-state index in [-0.39, 0.29) is 18.0 Å². The minimum Gasteiger partial charge on any atom is -0.481 e. The van der Waals surface area contributed by atoms with Crippen LogP contribution in [-0.4, -0.2) is 29.2 Å². The minimum atomic E-state index is -0.738. The van der Waals surface area contributed by atoms with Crippen LogP contribution in [0.4, 0.5) is 4.79 Å². The van der Waals surface area contributed by atoms with Gasteiger partial charge in [0.25, 0.3) is 0 Å². The molecular formula is C13H22N2O3. The van der Waals surface area contributed by atoms with Crippen LogP contribution in [0.3, 0.4) is 0 Å². The lowest BCUT2D eigenvalue weighted by Gasteiger charge is -2.28. The molecule has 0 spiro atoms. The molecule has 5 heteroatoms. The summed E-state index contributed by atoms with van der Waals surface area (Å²) in [6, 6.07) is 0.197. The molecule has 0 aromatic heterocycles. The third kappa shape index (κ3) is 3.62. The highest BCUT2D eigenvalue weighted by atomic mass is 16.4. The van der Waals surface area contributed by atoms with Gasteiger partial charge in [0.1, 0.15) is 0 Å². The summed E-state index contributed by atoms with van der Waals surface area (Å²) in [5, 5.41) is 14.9. The standard InChI is InChI=1S/C13H22N2O3/c16-12(17)9-4-3-7-11(8-9)15-13(18)14-10-5-1-2-6-10/h9-11H,1-8H2,(H,16,17)(H2,14,15,18). The molecule has 0 aromatic carbocycles. The Morgan fingerprint density at radius 3 is 2.17 bits per heavy atom. The number of carbonyl (C=O) groups excluding carboxylic acids is 1. The lowest BCUT2D eigenvalue weighted by Crippen LogP contribution is -2.47. The maximum absolute atomic E-state index is 11.8. The van der Waals surface area contributed by atoms with Crippen LogP contribution in [0, 0.1) is 5.92 Å². The molecule has 2 rings (SSSR count). The van der Waals surface area contributed by atoms with Crippen molar-refractivity contribution in [3.63, 3.8) is 0 Å². The largest absolute Gasteiger partial charge is 0.481 e. The fourth-order valence-electron chi connectivity index (χ4n) is 3.03. The first-order valence-corrected chi connectivity index (χ1v) is 6.95. The Bertz CT molecular complexity index is 313. The van der Waals surface area contributed by atoms with Crippen molar-refractivity contribution in [2.45, 2.75) is 63.5 Å². The highest BCUT2D eigenvalue weighted by Gasteiger charge is 2.28. The summed E-state index contributed by atoms with van der Waals surface area (Å²) in [7, 11) is 0. The van der Waals surface area contributed by atoms with Crippen LogP contribution in [0.15, 0.2) is 0 Å². The molecule has 2 aliphatic rings. The summed E-state index contributed by atoms with van der Waals surface area (Å²) in [6.07, 6.45) is 7.58. The topological polar surface area (TPSA) is 78.4 Å². The summed E-state index contributed by atoms with van der Waals surface area (Å²) in [4.78, 5) is 22.7. The number of carbonyl (C=O) groups is 2. The number of amides is 2. The summed E-state index contributed by atoms with van der Waals surface area (Å²) in [6.45, 7) is 0. The molecule has 3 N–H and O–H groups in total. The Labute approximate surface area is 107 Å². The van der Waals surface area contributed by atoms with Crippen LogP contribution in [0.25, 0.3) is 0 Å². The van der Waals surface area contributed by atoms with Gasteiger partial charge in [-0.15, -0.1) is 0 Å². The van der Waals surface area contributed by atoms with Gasteiger partial charge in [-0.05, 0) is 32.1 Å². The number of hydrogen-bond acceptors (Lipinski definition) is 2. The number of urea groups is 1. The van der Waals surface area contributed by atoms with Crippen molar-refractivity contribution in [1.29, 1.82) is 0 Å². The van der Waals surface area contributed by atoms with E-state index in [0.717, 1.165) is 32.1 Å². The van der Waals surface area contributed by atoms with Gasteiger partial charge in [-0.25, -0.2) is 4.79 Å². The van der Waals surface area contributed by atoms with Gasteiger partial charge in [0.2, 0.25) is 0 Å². The molecule has 18 heavy (non-hydrogen) atoms. The smallest absolute Gasteiger partial charge is 0.315 e. The zero-order valence-electron chi connectivity index (χ0n) is 10.7. The Hall–Kier alpha value is -1.26. The summed E-state index contributed by atoms with van der Waals surface area (Å²) < 4.78 is 0. The van der Waals surface area contributed by atoms with Crippen molar-refractivity contribution in [2.24, 2.45) is 5.92 Å². The molecule has 0 saturated heterocycles. The Kier molecular flexibility index (Phi) is 4.44. The number of hydrogen-bond donors (Lipinski definition) is 3. The Morgan fingerprint density at radius 1 is 0.889 bits per heavy atom. The van der Waals surface area contributed by atoms with Gasteiger partial charge >= 0.3 is 12.0 Å². The summed E-state index contributed by atoms with van der Waals surface area (Å²) in [5.41, 5.74) is 0. The summed E-state index contributed by atoms with van der Waals surface area (Å²) >= 11 is 0. The van der Waals surface area contributed by atoms with Crippen molar-refractivity contribution in [3.8, 4) is 0 Å². The number of aliphatic carboxylic acids is 1. The molecule has 2 atom stereocenters. The van der Waals surface area contributed by atoms with Crippen LogP contribution in [-0.2, 0) is 4.79 Å². The number of rotatable bonds is 3. The average Bonchev–Trinajstić information content (AvgIpc) is 2.82. The highest BCUT2D eigenvalue weighted by Crippen LogP contribution is 2.24. The quantitative estimate of drug-likeness (QED) is 0.719. The van der Waals surface area contributed by atoms with E-state index in [1.807, 2.05) is 0 Å². The molecule has 2 amide bonds. The van der Waals surface area contributed by atoms with Gasteiger partial charge in [-0.3, -0.25) is 4.79 Å². The van der Waals surface area contributed by atoms with Crippen molar-refractivity contribution < 1.29 is 14.7 Å². The van der Waals surface area contributed by atoms with Crippen molar-refractivity contribution >= 4 is 12.0 Å². The first-order valence-electron chi connectivity index (χ1n) is 6.95. The molecule has 0 radical (unpaired) electrons. The van der Waals surface area contributed by atoms with Crippen LogP contribution in [0.5, 0.6) is 0 Å². The van der Waals surface area contributed by atoms with E-state index in [2.05, 4.69) is 10.6 Å². The van der Waals surface area contributed by atoms with E-state index in [0.29, 0.717) is 12.5 Å². The molecule has 0 aromatic rings. The van der Waals surface area contributed by atoms with Gasteiger partial charge in [-0.1, -0.05) is 19.3 Å². The van der Waals surface area contributed by atoms with Crippen molar-refractivity contribution in [2.75, 3.05) is 0 Å². The Morgan fingerprint density at radius 2 is 1.50 bits per heavy atom. The first-order chi connectivity index (χ1) is 8.65. The molecule has 0 aliphatic heterocycles. The zero-order valence-corrected chi connectivity index (χ0v) is 10.7. The second kappa shape index (κ2) is 6.07. The predicted octanol–water partition coefficient (Wildman–Crippen LogP) is 1.87. The van der Waals surface area contributed by atoms with Crippen molar-refractivity contribution in [3.05, 3.63) is 0 Å². The molecule has 0 bridgehead atoms. The lowest BCUT2D eigenvalue weighted by molar-refractivity contribution is -0.143. The Balaban J connectivity index is 1.74. The van der Waals surface area contributed by atoms with Gasteiger partial charge in [-0.2, -0.15) is 0 Å². The molecule has 0 heterocycles. The third-order valence-electron chi connectivity index (χ3n) is 4.05. The second-order valence-electron chi connectivity index (χ2n) is 5.50. The highest BCUT2D eigenvalue weighted by molar-refractivity contribution is 5.75. The maximum atomic E-state index is 11.8. The molecular weight excluding hydrogens is 232 g/mol. The summed E-state index contributed by atoms with van der Waals surface area (Å²) in [5.74, 6) is -1.03. The van der Waals surface area contributed by atoms with Gasteiger partial charge in [0.05, 0.1) is 5.92 Å². The SMILES string of the molecule is O=C(NC1CCCC1)NC1CCCC(C(=O)O)C1. The zero-order chi connectivity index (χ0) is 13.0. The van der Waals surface area contributed by atoms with E-state index in [9.17, 15) is 9.59 Å². The third-order valence-corrected chi connectivity index (χ3v) is 4.05. The molecule has 2 saturated carbocycles. The van der Waals surface area contributed by atoms with Crippen LogP contribution in [0.2, 0.25) is 0 Å². The lowest BCUT2D eigenvalue weighted by atomic mass is 9.86. The maximum Gasteiger partial charge on any atom is 0.315 e. The van der Waals surface area contributed by atoms with Crippen molar-refractivity contribution in [1.82, 2.24) is 10.6 Å². The molecule has 5 nitrogen and oxygen atoms in total.